The number of rotatable bonds is 4. The minimum Gasteiger partial charge on any atom is -0.389 e. The van der Waals surface area contributed by atoms with Gasteiger partial charge in [-0.25, -0.2) is 9.37 Å². The van der Waals surface area contributed by atoms with E-state index in [1.807, 2.05) is 5.38 Å². The Balaban J connectivity index is 2.11. The average Bonchev–Trinajstić information content (AvgIpc) is 2.79. The SMILES string of the molecule is CC(O)(Cc1nc(C(C)(C)C)cs1)Cc1ccccc1F. The van der Waals surface area contributed by atoms with E-state index in [1.165, 1.54) is 6.07 Å². The van der Waals surface area contributed by atoms with Crippen LogP contribution in [0.5, 0.6) is 0 Å². The van der Waals surface area contributed by atoms with E-state index < -0.39 is 5.60 Å². The molecule has 0 aliphatic heterocycles. The summed E-state index contributed by atoms with van der Waals surface area (Å²) in [6.45, 7) is 8.08. The van der Waals surface area contributed by atoms with Crippen molar-refractivity contribution in [3.63, 3.8) is 0 Å². The summed E-state index contributed by atoms with van der Waals surface area (Å²) in [5, 5.41) is 13.5. The lowest BCUT2D eigenvalue weighted by atomic mass is 9.92. The molecule has 0 saturated carbocycles. The molecular weight excluding hydrogens is 285 g/mol. The second kappa shape index (κ2) is 5.85. The van der Waals surface area contributed by atoms with Crippen molar-refractivity contribution in [2.24, 2.45) is 0 Å². The molecule has 0 bridgehead atoms. The van der Waals surface area contributed by atoms with Crippen molar-refractivity contribution in [2.75, 3.05) is 0 Å². The number of halogens is 1. The molecule has 0 aliphatic carbocycles. The molecule has 0 aliphatic rings. The van der Waals surface area contributed by atoms with Crippen LogP contribution in [-0.2, 0) is 18.3 Å². The van der Waals surface area contributed by atoms with Gasteiger partial charge < -0.3 is 5.11 Å². The number of hydrogen-bond acceptors (Lipinski definition) is 3. The predicted molar refractivity (Wildman–Crippen MR) is 85.2 cm³/mol. The molecule has 1 N–H and O–H groups in total. The molecule has 1 aromatic carbocycles. The molecule has 1 aromatic heterocycles. The van der Waals surface area contributed by atoms with Gasteiger partial charge in [0.2, 0.25) is 0 Å². The number of nitrogens with zero attached hydrogens (tertiary/aromatic N) is 1. The summed E-state index contributed by atoms with van der Waals surface area (Å²) < 4.78 is 13.7. The molecule has 21 heavy (non-hydrogen) atoms. The number of hydrogen-bond donors (Lipinski definition) is 1. The van der Waals surface area contributed by atoms with E-state index >= 15 is 0 Å². The van der Waals surface area contributed by atoms with Crippen molar-refractivity contribution in [1.82, 2.24) is 4.98 Å². The quantitative estimate of drug-likeness (QED) is 0.922. The molecule has 0 spiro atoms. The van der Waals surface area contributed by atoms with Crippen LogP contribution in [0.4, 0.5) is 4.39 Å². The van der Waals surface area contributed by atoms with E-state index in [1.54, 1.807) is 36.5 Å². The van der Waals surface area contributed by atoms with Gasteiger partial charge >= 0.3 is 0 Å². The molecule has 2 aromatic rings. The van der Waals surface area contributed by atoms with Crippen LogP contribution in [0.25, 0.3) is 0 Å². The smallest absolute Gasteiger partial charge is 0.126 e. The first-order valence-corrected chi connectivity index (χ1v) is 7.96. The van der Waals surface area contributed by atoms with Gasteiger partial charge in [-0.15, -0.1) is 11.3 Å². The van der Waals surface area contributed by atoms with E-state index in [9.17, 15) is 9.50 Å². The van der Waals surface area contributed by atoms with E-state index in [-0.39, 0.29) is 17.7 Å². The van der Waals surface area contributed by atoms with Gasteiger partial charge in [0.1, 0.15) is 5.82 Å². The van der Waals surface area contributed by atoms with Crippen LogP contribution in [0.15, 0.2) is 29.6 Å². The molecule has 0 fully saturated rings. The van der Waals surface area contributed by atoms with Crippen molar-refractivity contribution < 1.29 is 9.50 Å². The zero-order chi connectivity index (χ0) is 15.7. The summed E-state index contributed by atoms with van der Waals surface area (Å²) in [5.41, 5.74) is 0.570. The Kier molecular flexibility index (Phi) is 4.49. The molecule has 0 radical (unpaired) electrons. The largest absolute Gasteiger partial charge is 0.389 e. The van der Waals surface area contributed by atoms with Crippen LogP contribution in [0, 0.1) is 5.82 Å². The van der Waals surface area contributed by atoms with Gasteiger partial charge in [-0.1, -0.05) is 39.0 Å². The molecule has 1 unspecified atom stereocenters. The highest BCUT2D eigenvalue weighted by Gasteiger charge is 2.26. The van der Waals surface area contributed by atoms with Crippen molar-refractivity contribution in [1.29, 1.82) is 0 Å². The summed E-state index contributed by atoms with van der Waals surface area (Å²) >= 11 is 1.55. The molecule has 114 valence electrons. The van der Waals surface area contributed by atoms with Gasteiger partial charge in [-0.2, -0.15) is 0 Å². The first-order chi connectivity index (χ1) is 9.67. The molecule has 2 nitrogen and oxygen atoms in total. The van der Waals surface area contributed by atoms with Gasteiger partial charge in [0, 0.05) is 23.6 Å². The van der Waals surface area contributed by atoms with Gasteiger partial charge in [0.25, 0.3) is 0 Å². The van der Waals surface area contributed by atoms with Crippen molar-refractivity contribution in [3.05, 3.63) is 51.7 Å². The Morgan fingerprint density at radius 1 is 1.14 bits per heavy atom. The Labute approximate surface area is 129 Å². The predicted octanol–water partition coefficient (Wildman–Crippen LogP) is 4.12. The zero-order valence-electron chi connectivity index (χ0n) is 13.0. The highest BCUT2D eigenvalue weighted by atomic mass is 32.1. The van der Waals surface area contributed by atoms with E-state index in [4.69, 9.17) is 0 Å². The fourth-order valence-electron chi connectivity index (χ4n) is 2.18. The van der Waals surface area contributed by atoms with Crippen LogP contribution in [0.1, 0.15) is 44.0 Å². The monoisotopic (exact) mass is 307 g/mol. The highest BCUT2D eigenvalue weighted by Crippen LogP contribution is 2.27. The number of aliphatic hydroxyl groups is 1. The Morgan fingerprint density at radius 2 is 1.81 bits per heavy atom. The van der Waals surface area contributed by atoms with E-state index in [0.29, 0.717) is 12.0 Å². The third-order valence-corrected chi connectivity index (χ3v) is 4.23. The first-order valence-electron chi connectivity index (χ1n) is 7.08. The summed E-state index contributed by atoms with van der Waals surface area (Å²) in [6, 6.07) is 6.58. The Morgan fingerprint density at radius 3 is 2.38 bits per heavy atom. The van der Waals surface area contributed by atoms with Gasteiger partial charge in [-0.3, -0.25) is 0 Å². The lowest BCUT2D eigenvalue weighted by Gasteiger charge is -2.22. The topological polar surface area (TPSA) is 33.1 Å². The molecule has 2 rings (SSSR count). The maximum Gasteiger partial charge on any atom is 0.126 e. The van der Waals surface area contributed by atoms with E-state index in [0.717, 1.165) is 10.7 Å². The van der Waals surface area contributed by atoms with Crippen molar-refractivity contribution >= 4 is 11.3 Å². The summed E-state index contributed by atoms with van der Waals surface area (Å²) in [5.74, 6) is -0.271. The molecule has 0 amide bonds. The lowest BCUT2D eigenvalue weighted by Crippen LogP contribution is -2.30. The second-order valence-corrected chi connectivity index (χ2v) is 7.76. The molecule has 1 atom stereocenters. The van der Waals surface area contributed by atoms with Crippen LogP contribution in [0.3, 0.4) is 0 Å². The molecule has 4 heteroatoms. The fraction of sp³-hybridized carbons (Fsp3) is 0.471. The van der Waals surface area contributed by atoms with Crippen molar-refractivity contribution in [3.8, 4) is 0 Å². The summed E-state index contributed by atoms with van der Waals surface area (Å²) in [6.07, 6.45) is 0.714. The van der Waals surface area contributed by atoms with Gasteiger partial charge in [-0.05, 0) is 18.6 Å². The highest BCUT2D eigenvalue weighted by molar-refractivity contribution is 7.09. The van der Waals surface area contributed by atoms with Crippen molar-refractivity contribution in [2.45, 2.75) is 51.6 Å². The third-order valence-electron chi connectivity index (χ3n) is 3.38. The number of benzene rings is 1. The zero-order valence-corrected chi connectivity index (χ0v) is 13.8. The molecular formula is C17H22FNOS. The standard InChI is InChI=1S/C17H22FNOS/c1-16(2,3)14-11-21-15(19-14)10-17(4,20)9-12-7-5-6-8-13(12)18/h5-8,11,20H,9-10H2,1-4H3. The number of thiazole rings is 1. The minimum absolute atomic E-state index is 0.00610. The minimum atomic E-state index is -1.00. The fourth-order valence-corrected chi connectivity index (χ4v) is 3.38. The third kappa shape index (κ3) is 4.35. The molecule has 0 saturated heterocycles. The second-order valence-electron chi connectivity index (χ2n) is 6.82. The average molecular weight is 307 g/mol. The Hall–Kier alpha value is -1.26. The summed E-state index contributed by atoms with van der Waals surface area (Å²) in [4.78, 5) is 4.60. The first kappa shape index (κ1) is 16.1. The van der Waals surface area contributed by atoms with E-state index in [2.05, 4.69) is 25.8 Å². The van der Waals surface area contributed by atoms with Crippen LogP contribution < -0.4 is 0 Å². The van der Waals surface area contributed by atoms with Gasteiger partial charge in [0.05, 0.1) is 16.3 Å². The molecule has 1 heterocycles. The normalized spacial score (nSPS) is 15.0. The number of aromatic nitrogens is 1. The van der Waals surface area contributed by atoms with Crippen LogP contribution in [-0.4, -0.2) is 15.7 Å². The van der Waals surface area contributed by atoms with Crippen LogP contribution >= 0.6 is 11.3 Å². The van der Waals surface area contributed by atoms with Crippen LogP contribution in [0.2, 0.25) is 0 Å². The maximum atomic E-state index is 13.7. The Bertz CT molecular complexity index is 613. The summed E-state index contributed by atoms with van der Waals surface area (Å²) in [7, 11) is 0. The maximum absolute atomic E-state index is 13.7. The lowest BCUT2D eigenvalue weighted by molar-refractivity contribution is 0.0598. The van der Waals surface area contributed by atoms with Gasteiger partial charge in [0.15, 0.2) is 0 Å².